The van der Waals surface area contributed by atoms with Gasteiger partial charge in [-0.05, 0) is 31.2 Å². The highest BCUT2D eigenvalue weighted by atomic mass is 32.2. The van der Waals surface area contributed by atoms with E-state index in [4.69, 9.17) is 9.47 Å². The minimum atomic E-state index is -3.28. The number of hydrogen-bond donors (Lipinski definition) is 1. The molecule has 2 aromatic rings. The summed E-state index contributed by atoms with van der Waals surface area (Å²) in [5.41, 5.74) is 1.53. The van der Waals surface area contributed by atoms with Crippen LogP contribution in [-0.4, -0.2) is 43.8 Å². The fraction of sp³-hybridized carbons (Fsp3) is 0.389. The lowest BCUT2D eigenvalue weighted by atomic mass is 10.2. The summed E-state index contributed by atoms with van der Waals surface area (Å²) in [5, 5.41) is 7.09. The molecule has 28 heavy (non-hydrogen) atoms. The smallest absolute Gasteiger partial charge is 0.306 e. The summed E-state index contributed by atoms with van der Waals surface area (Å²) in [4.78, 5) is 23.8. The van der Waals surface area contributed by atoms with Crippen LogP contribution in [0.15, 0.2) is 24.3 Å². The lowest BCUT2D eigenvalue weighted by Crippen LogP contribution is -2.18. The van der Waals surface area contributed by atoms with E-state index >= 15 is 0 Å². The van der Waals surface area contributed by atoms with E-state index in [2.05, 4.69) is 10.4 Å². The first kappa shape index (κ1) is 19.9. The van der Waals surface area contributed by atoms with E-state index in [1.165, 1.54) is 4.68 Å². The topological polar surface area (TPSA) is 117 Å². The van der Waals surface area contributed by atoms with Crippen LogP contribution in [0.5, 0.6) is 5.75 Å². The Morgan fingerprint density at radius 2 is 1.89 bits per heavy atom. The number of aromatic nitrogens is 2. The van der Waals surface area contributed by atoms with E-state index in [0.717, 1.165) is 0 Å². The van der Waals surface area contributed by atoms with Gasteiger partial charge < -0.3 is 14.8 Å². The number of benzene rings is 1. The zero-order valence-electron chi connectivity index (χ0n) is 15.6. The van der Waals surface area contributed by atoms with Gasteiger partial charge in [-0.1, -0.05) is 0 Å². The number of fused-ring (bicyclic) bond motifs is 1. The van der Waals surface area contributed by atoms with E-state index in [0.29, 0.717) is 28.5 Å². The lowest BCUT2D eigenvalue weighted by molar-refractivity contribution is -0.144. The summed E-state index contributed by atoms with van der Waals surface area (Å²) < 4.78 is 35.4. The molecule has 0 fully saturated rings. The summed E-state index contributed by atoms with van der Waals surface area (Å²) in [6.07, 6.45) is -0.134. The number of amides is 1. The predicted molar refractivity (Wildman–Crippen MR) is 101 cm³/mol. The first-order chi connectivity index (χ1) is 13.3. The van der Waals surface area contributed by atoms with E-state index < -0.39 is 21.7 Å². The molecule has 9 nitrogen and oxygen atoms in total. The maximum Gasteiger partial charge on any atom is 0.306 e. The van der Waals surface area contributed by atoms with Gasteiger partial charge in [0.2, 0.25) is 5.91 Å². The second-order valence-electron chi connectivity index (χ2n) is 6.27. The molecule has 1 aromatic heterocycles. The molecule has 150 valence electrons. The van der Waals surface area contributed by atoms with Crippen LogP contribution in [0, 0.1) is 0 Å². The first-order valence-electron chi connectivity index (χ1n) is 8.74. The van der Waals surface area contributed by atoms with Crippen molar-refractivity contribution in [1.82, 2.24) is 9.78 Å². The zero-order chi connectivity index (χ0) is 20.3. The maximum absolute atomic E-state index is 12.3. The van der Waals surface area contributed by atoms with Crippen molar-refractivity contribution < 1.29 is 27.5 Å². The molecule has 0 spiro atoms. The van der Waals surface area contributed by atoms with Gasteiger partial charge in [-0.3, -0.25) is 9.59 Å². The van der Waals surface area contributed by atoms with Crippen molar-refractivity contribution in [3.63, 3.8) is 0 Å². The second-order valence-corrected chi connectivity index (χ2v) is 8.33. The number of ether oxygens (including phenoxy) is 2. The average molecular weight is 407 g/mol. The van der Waals surface area contributed by atoms with E-state index in [-0.39, 0.29) is 31.0 Å². The third-order valence-corrected chi connectivity index (χ3v) is 5.67. The Kier molecular flexibility index (Phi) is 5.68. The van der Waals surface area contributed by atoms with Crippen molar-refractivity contribution >= 4 is 27.5 Å². The molecule has 10 heteroatoms. The van der Waals surface area contributed by atoms with Crippen molar-refractivity contribution in [3.05, 3.63) is 35.5 Å². The van der Waals surface area contributed by atoms with Crippen molar-refractivity contribution in [2.75, 3.05) is 19.0 Å². The van der Waals surface area contributed by atoms with Gasteiger partial charge in [-0.25, -0.2) is 13.1 Å². The molecule has 1 aliphatic heterocycles. The van der Waals surface area contributed by atoms with E-state index in [9.17, 15) is 18.0 Å². The number of carbonyl (C=O) groups excluding carboxylic acids is 2. The lowest BCUT2D eigenvalue weighted by Gasteiger charge is -2.11. The van der Waals surface area contributed by atoms with Gasteiger partial charge in [0, 0.05) is 12.0 Å². The quantitative estimate of drug-likeness (QED) is 0.693. The molecule has 1 N–H and O–H groups in total. The molecule has 1 aliphatic rings. The highest BCUT2D eigenvalue weighted by molar-refractivity contribution is 7.90. The molecular formula is C18H21N3O6S. The highest BCUT2D eigenvalue weighted by Gasteiger charge is 2.33. The third kappa shape index (κ3) is 4.33. The number of esters is 1. The number of rotatable bonds is 7. The Bertz CT molecular complexity index is 995. The van der Waals surface area contributed by atoms with Gasteiger partial charge in [0.05, 0.1) is 43.0 Å². The Hall–Kier alpha value is -2.88. The minimum Gasteiger partial charge on any atom is -0.497 e. The molecule has 0 radical (unpaired) electrons. The van der Waals surface area contributed by atoms with Crippen molar-refractivity contribution in [3.8, 4) is 11.4 Å². The van der Waals surface area contributed by atoms with Crippen LogP contribution >= 0.6 is 0 Å². The van der Waals surface area contributed by atoms with E-state index in [1.807, 2.05) is 0 Å². The predicted octanol–water partition coefficient (Wildman–Crippen LogP) is 1.59. The molecule has 3 rings (SSSR count). The van der Waals surface area contributed by atoms with Crippen LogP contribution in [0.4, 0.5) is 5.82 Å². The van der Waals surface area contributed by atoms with Gasteiger partial charge in [0.15, 0.2) is 9.84 Å². The molecule has 2 heterocycles. The van der Waals surface area contributed by atoms with Crippen molar-refractivity contribution in [1.29, 1.82) is 0 Å². The van der Waals surface area contributed by atoms with Crippen molar-refractivity contribution in [2.24, 2.45) is 0 Å². The molecule has 0 saturated carbocycles. The Balaban J connectivity index is 1.87. The Labute approximate surface area is 162 Å². The minimum absolute atomic E-state index is 0.0587. The fourth-order valence-corrected chi connectivity index (χ4v) is 4.42. The summed E-state index contributed by atoms with van der Waals surface area (Å²) in [6, 6.07) is 6.99. The average Bonchev–Trinajstić information content (AvgIpc) is 3.13. The van der Waals surface area contributed by atoms with Gasteiger partial charge in [0.1, 0.15) is 11.6 Å². The van der Waals surface area contributed by atoms with Crippen LogP contribution in [0.1, 0.15) is 31.0 Å². The highest BCUT2D eigenvalue weighted by Crippen LogP contribution is 2.33. The second kappa shape index (κ2) is 8.01. The summed E-state index contributed by atoms with van der Waals surface area (Å²) in [7, 11) is -1.73. The zero-order valence-corrected chi connectivity index (χ0v) is 16.4. The number of methoxy groups -OCH3 is 1. The van der Waals surface area contributed by atoms with Crippen LogP contribution in [-0.2, 0) is 35.7 Å². The molecule has 0 saturated heterocycles. The molecule has 0 unspecified atom stereocenters. The van der Waals surface area contributed by atoms with Crippen LogP contribution in [0.25, 0.3) is 5.69 Å². The van der Waals surface area contributed by atoms with Crippen molar-refractivity contribution in [2.45, 2.75) is 31.3 Å². The third-order valence-electron chi connectivity index (χ3n) is 4.22. The number of anilines is 1. The number of carbonyl (C=O) groups is 2. The Morgan fingerprint density at radius 3 is 2.54 bits per heavy atom. The molecule has 1 aromatic carbocycles. The summed E-state index contributed by atoms with van der Waals surface area (Å²) in [5.74, 6) is -0.284. The molecule has 0 atom stereocenters. The fourth-order valence-electron chi connectivity index (χ4n) is 2.92. The normalized spacial score (nSPS) is 14.4. The van der Waals surface area contributed by atoms with Crippen LogP contribution in [0.2, 0.25) is 0 Å². The molecular weight excluding hydrogens is 386 g/mol. The number of nitrogens with one attached hydrogen (secondary N) is 1. The summed E-state index contributed by atoms with van der Waals surface area (Å²) in [6.45, 7) is 1.94. The number of hydrogen-bond acceptors (Lipinski definition) is 7. The van der Waals surface area contributed by atoms with Gasteiger partial charge in [-0.2, -0.15) is 5.10 Å². The number of nitrogens with zero attached hydrogens (tertiary/aromatic N) is 2. The standard InChI is InChI=1S/C18H21N3O6S/c1-3-27-17(23)9-8-16(22)19-18-14-10-28(24,25)11-15(14)20-21(18)12-4-6-13(26-2)7-5-12/h4-7H,3,8-11H2,1-2H3,(H,19,22). The monoisotopic (exact) mass is 407 g/mol. The number of sulfone groups is 1. The van der Waals surface area contributed by atoms with Gasteiger partial charge in [0.25, 0.3) is 0 Å². The first-order valence-corrected chi connectivity index (χ1v) is 10.6. The van der Waals surface area contributed by atoms with E-state index in [1.54, 1.807) is 38.3 Å². The molecule has 0 aliphatic carbocycles. The SMILES string of the molecule is CCOC(=O)CCC(=O)Nc1c2c(nn1-c1ccc(OC)cc1)CS(=O)(=O)C2. The largest absolute Gasteiger partial charge is 0.497 e. The molecule has 1 amide bonds. The Morgan fingerprint density at radius 1 is 1.18 bits per heavy atom. The summed E-state index contributed by atoms with van der Waals surface area (Å²) >= 11 is 0. The molecule has 0 bridgehead atoms. The van der Waals surface area contributed by atoms with Gasteiger partial charge >= 0.3 is 5.97 Å². The maximum atomic E-state index is 12.3. The van der Waals surface area contributed by atoms with Gasteiger partial charge in [-0.15, -0.1) is 0 Å². The van der Waals surface area contributed by atoms with Crippen LogP contribution < -0.4 is 10.1 Å². The van der Waals surface area contributed by atoms with Crippen LogP contribution in [0.3, 0.4) is 0 Å².